The number of amides is 2. The lowest BCUT2D eigenvalue weighted by Crippen LogP contribution is -2.22. The quantitative estimate of drug-likeness (QED) is 0.889. The Hall–Kier alpha value is -2.89. The highest BCUT2D eigenvalue weighted by atomic mass is 19.1. The number of halogens is 1. The fourth-order valence-corrected chi connectivity index (χ4v) is 1.88. The Kier molecular flexibility index (Phi) is 5.68. The van der Waals surface area contributed by atoms with Gasteiger partial charge in [0.25, 0.3) is 5.91 Å². The minimum Gasteiger partial charge on any atom is -0.450 e. The zero-order valence-corrected chi connectivity index (χ0v) is 12.6. The summed E-state index contributed by atoms with van der Waals surface area (Å²) in [6.07, 6.45) is -0.541. The highest BCUT2D eigenvalue weighted by molar-refractivity contribution is 5.95. The first-order valence-electron chi connectivity index (χ1n) is 7.15. The molecule has 0 aromatic heterocycles. The summed E-state index contributed by atoms with van der Waals surface area (Å²) >= 11 is 0. The summed E-state index contributed by atoms with van der Waals surface area (Å²) in [5.74, 6) is -0.568. The number of nitrogens with one attached hydrogen (secondary N) is 2. The Morgan fingerprint density at radius 1 is 1.04 bits per heavy atom. The second-order valence-corrected chi connectivity index (χ2v) is 4.73. The predicted molar refractivity (Wildman–Crippen MR) is 84.7 cm³/mol. The van der Waals surface area contributed by atoms with Gasteiger partial charge >= 0.3 is 6.09 Å². The lowest BCUT2D eigenvalue weighted by atomic mass is 10.1. The third-order valence-corrected chi connectivity index (χ3v) is 3.04. The van der Waals surface area contributed by atoms with Crippen molar-refractivity contribution in [2.75, 3.05) is 11.9 Å². The molecule has 23 heavy (non-hydrogen) atoms. The molecule has 2 amide bonds. The molecule has 5 nitrogen and oxygen atoms in total. The van der Waals surface area contributed by atoms with Crippen LogP contribution in [0.4, 0.5) is 14.9 Å². The summed E-state index contributed by atoms with van der Waals surface area (Å²) in [6, 6.07) is 12.3. The van der Waals surface area contributed by atoms with Crippen molar-refractivity contribution < 1.29 is 18.7 Å². The Morgan fingerprint density at radius 2 is 1.70 bits per heavy atom. The highest BCUT2D eigenvalue weighted by Gasteiger charge is 2.07. The molecule has 0 fully saturated rings. The lowest BCUT2D eigenvalue weighted by Gasteiger charge is -2.07. The van der Waals surface area contributed by atoms with E-state index in [-0.39, 0.29) is 18.3 Å². The summed E-state index contributed by atoms with van der Waals surface area (Å²) in [5, 5.41) is 5.29. The third-order valence-electron chi connectivity index (χ3n) is 3.04. The fourth-order valence-electron chi connectivity index (χ4n) is 1.88. The van der Waals surface area contributed by atoms with Gasteiger partial charge in [0.1, 0.15) is 5.82 Å². The number of benzene rings is 2. The SMILES string of the molecule is CCOC(=O)Nc1ccc(C(=O)NCc2ccc(F)cc2)cc1. The van der Waals surface area contributed by atoms with Gasteiger partial charge in [0.15, 0.2) is 0 Å². The summed E-state index contributed by atoms with van der Waals surface area (Å²) in [6.45, 7) is 2.31. The van der Waals surface area contributed by atoms with E-state index in [1.165, 1.54) is 12.1 Å². The van der Waals surface area contributed by atoms with E-state index in [1.807, 2.05) is 0 Å². The molecule has 0 unspecified atom stereocenters. The molecule has 0 saturated heterocycles. The molecule has 0 atom stereocenters. The number of anilines is 1. The van der Waals surface area contributed by atoms with E-state index in [0.29, 0.717) is 17.8 Å². The molecule has 6 heteroatoms. The van der Waals surface area contributed by atoms with Crippen molar-refractivity contribution in [2.45, 2.75) is 13.5 Å². The van der Waals surface area contributed by atoms with Gasteiger partial charge in [-0.2, -0.15) is 0 Å². The van der Waals surface area contributed by atoms with Gasteiger partial charge in [-0.05, 0) is 48.9 Å². The fraction of sp³-hybridized carbons (Fsp3) is 0.176. The molecule has 0 aliphatic rings. The van der Waals surface area contributed by atoms with Crippen molar-refractivity contribution in [3.8, 4) is 0 Å². The molecule has 0 spiro atoms. The van der Waals surface area contributed by atoms with E-state index in [0.717, 1.165) is 5.56 Å². The molecular formula is C17H17FN2O3. The van der Waals surface area contributed by atoms with Crippen molar-refractivity contribution in [3.63, 3.8) is 0 Å². The van der Waals surface area contributed by atoms with Gasteiger partial charge in [-0.15, -0.1) is 0 Å². The number of hydrogen-bond donors (Lipinski definition) is 2. The second kappa shape index (κ2) is 7.93. The molecule has 0 aliphatic carbocycles. The van der Waals surface area contributed by atoms with E-state index < -0.39 is 6.09 Å². The van der Waals surface area contributed by atoms with Crippen LogP contribution < -0.4 is 10.6 Å². The molecular weight excluding hydrogens is 299 g/mol. The van der Waals surface area contributed by atoms with Crippen molar-refractivity contribution in [1.82, 2.24) is 5.32 Å². The first-order valence-corrected chi connectivity index (χ1v) is 7.15. The maximum Gasteiger partial charge on any atom is 0.411 e. The molecule has 2 N–H and O–H groups in total. The Bertz CT molecular complexity index is 669. The van der Waals surface area contributed by atoms with Gasteiger partial charge in [0.05, 0.1) is 6.61 Å². The van der Waals surface area contributed by atoms with Crippen LogP contribution in [-0.4, -0.2) is 18.6 Å². The van der Waals surface area contributed by atoms with Crippen molar-refractivity contribution in [1.29, 1.82) is 0 Å². The average Bonchev–Trinajstić information content (AvgIpc) is 2.55. The lowest BCUT2D eigenvalue weighted by molar-refractivity contribution is 0.0951. The first kappa shape index (κ1) is 16.5. The minimum absolute atomic E-state index is 0.253. The zero-order chi connectivity index (χ0) is 16.7. The topological polar surface area (TPSA) is 67.4 Å². The van der Waals surface area contributed by atoms with Gasteiger partial charge in [-0.1, -0.05) is 12.1 Å². The third kappa shape index (κ3) is 5.10. The molecule has 0 heterocycles. The van der Waals surface area contributed by atoms with Gasteiger partial charge < -0.3 is 10.1 Å². The highest BCUT2D eigenvalue weighted by Crippen LogP contribution is 2.10. The summed E-state index contributed by atoms with van der Waals surface area (Å²) in [5.41, 5.74) is 1.81. The summed E-state index contributed by atoms with van der Waals surface area (Å²) in [7, 11) is 0. The van der Waals surface area contributed by atoms with Crippen LogP contribution in [0.3, 0.4) is 0 Å². The maximum absolute atomic E-state index is 12.8. The normalized spacial score (nSPS) is 10.0. The van der Waals surface area contributed by atoms with Crippen molar-refractivity contribution in [2.24, 2.45) is 0 Å². The number of carbonyl (C=O) groups is 2. The second-order valence-electron chi connectivity index (χ2n) is 4.73. The Morgan fingerprint density at radius 3 is 2.30 bits per heavy atom. The van der Waals surface area contributed by atoms with E-state index in [4.69, 9.17) is 4.74 Å². The first-order chi connectivity index (χ1) is 11.1. The predicted octanol–water partition coefficient (Wildman–Crippen LogP) is 3.32. The monoisotopic (exact) mass is 316 g/mol. The average molecular weight is 316 g/mol. The zero-order valence-electron chi connectivity index (χ0n) is 12.6. The van der Waals surface area contributed by atoms with Crippen LogP contribution in [0.5, 0.6) is 0 Å². The Labute approximate surface area is 133 Å². The van der Waals surface area contributed by atoms with E-state index in [9.17, 15) is 14.0 Å². The molecule has 0 bridgehead atoms. The number of hydrogen-bond acceptors (Lipinski definition) is 3. The minimum atomic E-state index is -0.541. The van der Waals surface area contributed by atoms with Gasteiger partial charge in [-0.25, -0.2) is 9.18 Å². The molecule has 120 valence electrons. The number of carbonyl (C=O) groups excluding carboxylic acids is 2. The maximum atomic E-state index is 12.8. The smallest absolute Gasteiger partial charge is 0.411 e. The van der Waals surface area contributed by atoms with Crippen molar-refractivity contribution >= 4 is 17.7 Å². The molecule has 2 aromatic rings. The summed E-state index contributed by atoms with van der Waals surface area (Å²) in [4.78, 5) is 23.3. The molecule has 0 saturated carbocycles. The summed E-state index contributed by atoms with van der Waals surface area (Å²) < 4.78 is 17.6. The van der Waals surface area contributed by atoms with E-state index in [1.54, 1.807) is 43.3 Å². The largest absolute Gasteiger partial charge is 0.450 e. The van der Waals surface area contributed by atoms with Gasteiger partial charge in [0.2, 0.25) is 0 Å². The van der Waals surface area contributed by atoms with Gasteiger partial charge in [0, 0.05) is 17.8 Å². The van der Waals surface area contributed by atoms with Crippen molar-refractivity contribution in [3.05, 3.63) is 65.5 Å². The Balaban J connectivity index is 1.89. The standard InChI is InChI=1S/C17H17FN2O3/c1-2-23-17(22)20-15-9-5-13(6-10-15)16(21)19-11-12-3-7-14(18)8-4-12/h3-10H,2,11H2,1H3,(H,19,21)(H,20,22). The molecule has 2 rings (SSSR count). The van der Waals surface area contributed by atoms with E-state index >= 15 is 0 Å². The molecule has 2 aromatic carbocycles. The van der Waals surface area contributed by atoms with Gasteiger partial charge in [-0.3, -0.25) is 10.1 Å². The van der Waals surface area contributed by atoms with Crippen LogP contribution in [0.15, 0.2) is 48.5 Å². The van der Waals surface area contributed by atoms with Crippen LogP contribution in [0.1, 0.15) is 22.8 Å². The van der Waals surface area contributed by atoms with Crippen LogP contribution in [0.25, 0.3) is 0 Å². The molecule has 0 radical (unpaired) electrons. The number of ether oxygens (including phenoxy) is 1. The van der Waals surface area contributed by atoms with Crippen LogP contribution in [-0.2, 0) is 11.3 Å². The van der Waals surface area contributed by atoms with Crippen LogP contribution in [0.2, 0.25) is 0 Å². The molecule has 0 aliphatic heterocycles. The number of rotatable bonds is 5. The van der Waals surface area contributed by atoms with Crippen LogP contribution >= 0.6 is 0 Å². The van der Waals surface area contributed by atoms with E-state index in [2.05, 4.69) is 10.6 Å². The van der Waals surface area contributed by atoms with Crippen LogP contribution in [0, 0.1) is 5.82 Å².